The number of amides is 1. The molecule has 1 aliphatic rings. The number of ether oxygens (including phenoxy) is 1. The van der Waals surface area contributed by atoms with Crippen molar-refractivity contribution in [2.75, 3.05) is 13.2 Å². The van der Waals surface area contributed by atoms with E-state index in [0.29, 0.717) is 12.5 Å². The van der Waals surface area contributed by atoms with E-state index < -0.39 is 5.43 Å². The third kappa shape index (κ3) is 3.59. The van der Waals surface area contributed by atoms with Gasteiger partial charge < -0.3 is 19.6 Å². The standard InChI is InChI=1S/C12H15NO5/c14-5-9-3-10(15)11(6-17-9)18-7-12(16)13-4-8-1-2-8/h3,6,8,14H,1-2,4-5,7H2,(H,13,16). The Morgan fingerprint density at radius 2 is 2.33 bits per heavy atom. The second-order valence-corrected chi connectivity index (χ2v) is 4.27. The molecule has 18 heavy (non-hydrogen) atoms. The second-order valence-electron chi connectivity index (χ2n) is 4.27. The number of nitrogens with one attached hydrogen (secondary N) is 1. The van der Waals surface area contributed by atoms with Crippen LogP contribution >= 0.6 is 0 Å². The zero-order valence-corrected chi connectivity index (χ0v) is 9.85. The summed E-state index contributed by atoms with van der Waals surface area (Å²) in [7, 11) is 0. The average molecular weight is 253 g/mol. The van der Waals surface area contributed by atoms with Gasteiger partial charge in [0.05, 0.1) is 0 Å². The highest BCUT2D eigenvalue weighted by Gasteiger charge is 2.21. The summed E-state index contributed by atoms with van der Waals surface area (Å²) in [5.74, 6) is 0.467. The van der Waals surface area contributed by atoms with Crippen molar-refractivity contribution in [1.29, 1.82) is 0 Å². The fourth-order valence-corrected chi connectivity index (χ4v) is 1.40. The lowest BCUT2D eigenvalue weighted by atomic mass is 10.4. The molecular formula is C12H15NO5. The number of aliphatic hydroxyl groups excluding tert-OH is 1. The van der Waals surface area contributed by atoms with Gasteiger partial charge in [0.25, 0.3) is 5.91 Å². The Labute approximate surface area is 104 Å². The van der Waals surface area contributed by atoms with Crippen LogP contribution in [0.5, 0.6) is 5.75 Å². The third-order valence-electron chi connectivity index (χ3n) is 2.65. The largest absolute Gasteiger partial charge is 0.477 e. The number of carbonyl (C=O) groups is 1. The summed E-state index contributed by atoms with van der Waals surface area (Å²) in [4.78, 5) is 22.8. The average Bonchev–Trinajstić information content (AvgIpc) is 3.18. The number of hydrogen-bond acceptors (Lipinski definition) is 5. The minimum atomic E-state index is -0.416. The number of aliphatic hydroxyl groups is 1. The van der Waals surface area contributed by atoms with Crippen LogP contribution in [0.3, 0.4) is 0 Å². The fraction of sp³-hybridized carbons (Fsp3) is 0.500. The van der Waals surface area contributed by atoms with Gasteiger partial charge in [-0.15, -0.1) is 0 Å². The Kier molecular flexibility index (Phi) is 3.99. The molecule has 0 unspecified atom stereocenters. The van der Waals surface area contributed by atoms with Gasteiger partial charge in [0.2, 0.25) is 11.2 Å². The summed E-state index contributed by atoms with van der Waals surface area (Å²) < 4.78 is 9.97. The van der Waals surface area contributed by atoms with Crippen molar-refractivity contribution < 1.29 is 19.1 Å². The monoisotopic (exact) mass is 253 g/mol. The van der Waals surface area contributed by atoms with Crippen LogP contribution in [0.1, 0.15) is 18.6 Å². The summed E-state index contributed by atoms with van der Waals surface area (Å²) >= 11 is 0. The van der Waals surface area contributed by atoms with Gasteiger partial charge in [-0.05, 0) is 18.8 Å². The third-order valence-corrected chi connectivity index (χ3v) is 2.65. The van der Waals surface area contributed by atoms with Crippen LogP contribution in [0.2, 0.25) is 0 Å². The zero-order chi connectivity index (χ0) is 13.0. The van der Waals surface area contributed by atoms with Gasteiger partial charge in [-0.25, -0.2) is 0 Å². The Balaban J connectivity index is 1.81. The predicted octanol–water partition coefficient (Wildman–Crippen LogP) is 0.0371. The zero-order valence-electron chi connectivity index (χ0n) is 9.85. The van der Waals surface area contributed by atoms with E-state index in [1.165, 1.54) is 0 Å². The lowest BCUT2D eigenvalue weighted by Crippen LogP contribution is -2.31. The van der Waals surface area contributed by atoms with Gasteiger partial charge in [-0.1, -0.05) is 0 Å². The minimum absolute atomic E-state index is 0.0335. The Morgan fingerprint density at radius 3 is 2.94 bits per heavy atom. The van der Waals surface area contributed by atoms with E-state index in [0.717, 1.165) is 25.2 Å². The second kappa shape index (κ2) is 5.68. The molecule has 1 aromatic rings. The smallest absolute Gasteiger partial charge is 0.257 e. The van der Waals surface area contributed by atoms with Crippen LogP contribution in [0.25, 0.3) is 0 Å². The first-order valence-electron chi connectivity index (χ1n) is 5.81. The summed E-state index contributed by atoms with van der Waals surface area (Å²) in [6.45, 7) is 0.105. The summed E-state index contributed by atoms with van der Waals surface area (Å²) in [5.41, 5.74) is -0.416. The van der Waals surface area contributed by atoms with E-state index in [-0.39, 0.29) is 30.6 Å². The molecule has 6 heteroatoms. The molecule has 1 heterocycles. The Morgan fingerprint density at radius 1 is 1.56 bits per heavy atom. The Hall–Kier alpha value is -1.82. The topological polar surface area (TPSA) is 88.8 Å². The van der Waals surface area contributed by atoms with Crippen LogP contribution in [0.4, 0.5) is 0 Å². The molecule has 0 aliphatic heterocycles. The van der Waals surface area contributed by atoms with E-state index in [1.807, 2.05) is 0 Å². The maximum Gasteiger partial charge on any atom is 0.257 e. The van der Waals surface area contributed by atoms with Crippen molar-refractivity contribution in [2.45, 2.75) is 19.4 Å². The van der Waals surface area contributed by atoms with Crippen molar-refractivity contribution in [3.8, 4) is 5.75 Å². The highest BCUT2D eigenvalue weighted by Crippen LogP contribution is 2.27. The van der Waals surface area contributed by atoms with Gasteiger partial charge in [0, 0.05) is 12.6 Å². The quantitative estimate of drug-likeness (QED) is 0.747. The summed E-state index contributed by atoms with van der Waals surface area (Å²) in [5, 5.41) is 11.5. The first-order valence-corrected chi connectivity index (χ1v) is 5.81. The van der Waals surface area contributed by atoms with Crippen molar-refractivity contribution >= 4 is 5.91 Å². The normalized spacial score (nSPS) is 14.3. The molecule has 2 N–H and O–H groups in total. The first kappa shape index (κ1) is 12.6. The van der Waals surface area contributed by atoms with Crippen LogP contribution < -0.4 is 15.5 Å². The molecule has 0 aromatic carbocycles. The van der Waals surface area contributed by atoms with Crippen LogP contribution in [0, 0.1) is 5.92 Å². The molecular weight excluding hydrogens is 238 g/mol. The maximum atomic E-state index is 11.5. The molecule has 6 nitrogen and oxygen atoms in total. The number of rotatable bonds is 6. The summed E-state index contributed by atoms with van der Waals surface area (Å²) in [6.07, 6.45) is 3.42. The molecule has 0 bridgehead atoms. The van der Waals surface area contributed by atoms with Gasteiger partial charge in [0.15, 0.2) is 6.61 Å². The van der Waals surface area contributed by atoms with Crippen molar-refractivity contribution in [3.05, 3.63) is 28.3 Å². The van der Waals surface area contributed by atoms with Gasteiger partial charge >= 0.3 is 0 Å². The number of carbonyl (C=O) groups excluding carboxylic acids is 1. The SMILES string of the molecule is O=C(COc1coc(CO)cc1=O)NCC1CC1. The first-order chi connectivity index (χ1) is 8.69. The van der Waals surface area contributed by atoms with Crippen molar-refractivity contribution in [3.63, 3.8) is 0 Å². The van der Waals surface area contributed by atoms with Gasteiger partial charge in [-0.3, -0.25) is 9.59 Å². The van der Waals surface area contributed by atoms with Crippen LogP contribution in [0.15, 0.2) is 21.5 Å². The molecule has 1 aliphatic carbocycles. The van der Waals surface area contributed by atoms with E-state index in [9.17, 15) is 9.59 Å². The molecule has 1 aromatic heterocycles. The summed E-state index contributed by atoms with van der Waals surface area (Å²) in [6, 6.07) is 1.14. The minimum Gasteiger partial charge on any atom is -0.477 e. The fourth-order valence-electron chi connectivity index (χ4n) is 1.40. The highest BCUT2D eigenvalue weighted by atomic mass is 16.5. The highest BCUT2D eigenvalue weighted by molar-refractivity contribution is 5.77. The van der Waals surface area contributed by atoms with Crippen LogP contribution in [-0.2, 0) is 11.4 Å². The van der Waals surface area contributed by atoms with Crippen molar-refractivity contribution in [1.82, 2.24) is 5.32 Å². The lowest BCUT2D eigenvalue weighted by Gasteiger charge is -2.06. The molecule has 0 spiro atoms. The molecule has 0 radical (unpaired) electrons. The van der Waals surface area contributed by atoms with E-state index in [1.54, 1.807) is 0 Å². The van der Waals surface area contributed by atoms with E-state index in [2.05, 4.69) is 5.32 Å². The van der Waals surface area contributed by atoms with Crippen molar-refractivity contribution in [2.24, 2.45) is 5.92 Å². The van der Waals surface area contributed by atoms with Crippen LogP contribution in [-0.4, -0.2) is 24.2 Å². The molecule has 98 valence electrons. The van der Waals surface area contributed by atoms with Gasteiger partial charge in [-0.2, -0.15) is 0 Å². The molecule has 1 saturated carbocycles. The molecule has 0 atom stereocenters. The Bertz CT molecular complexity index is 478. The molecule has 2 rings (SSSR count). The molecule has 0 saturated heterocycles. The number of hydrogen-bond donors (Lipinski definition) is 2. The lowest BCUT2D eigenvalue weighted by molar-refractivity contribution is -0.123. The molecule has 1 amide bonds. The van der Waals surface area contributed by atoms with Gasteiger partial charge in [0.1, 0.15) is 18.6 Å². The van der Waals surface area contributed by atoms with E-state index in [4.69, 9.17) is 14.3 Å². The predicted molar refractivity (Wildman–Crippen MR) is 62.1 cm³/mol. The van der Waals surface area contributed by atoms with E-state index >= 15 is 0 Å². The maximum absolute atomic E-state index is 11.5. The molecule has 1 fully saturated rings.